The highest BCUT2D eigenvalue weighted by molar-refractivity contribution is 8.23. The van der Waals surface area contributed by atoms with Crippen LogP contribution in [0.1, 0.15) is 11.1 Å². The number of carbonyl (C=O) groups excluding carboxylic acids is 2. The average molecular weight is 336 g/mol. The summed E-state index contributed by atoms with van der Waals surface area (Å²) >= 11 is 6.35. The first-order chi connectivity index (χ1) is 10.6. The Morgan fingerprint density at radius 2 is 2.18 bits per heavy atom. The Hall–Kier alpha value is -1.44. The van der Waals surface area contributed by atoms with E-state index in [1.165, 1.54) is 27.8 Å². The summed E-state index contributed by atoms with van der Waals surface area (Å²) < 4.78 is 6.22. The fourth-order valence-electron chi connectivity index (χ4n) is 2.50. The van der Waals surface area contributed by atoms with Gasteiger partial charge >= 0.3 is 0 Å². The Morgan fingerprint density at radius 1 is 1.41 bits per heavy atom. The molecular weight excluding hydrogens is 320 g/mol. The van der Waals surface area contributed by atoms with E-state index < -0.39 is 0 Å². The van der Waals surface area contributed by atoms with Gasteiger partial charge in [0.2, 0.25) is 11.8 Å². The summed E-state index contributed by atoms with van der Waals surface area (Å²) in [6, 6.07) is 8.16. The quantitative estimate of drug-likeness (QED) is 0.835. The Labute approximate surface area is 138 Å². The third kappa shape index (κ3) is 3.48. The minimum Gasteiger partial charge on any atom is -0.371 e. The van der Waals surface area contributed by atoms with E-state index in [0.717, 1.165) is 6.42 Å². The molecule has 1 aromatic rings. The summed E-state index contributed by atoms with van der Waals surface area (Å²) in [5, 5.41) is 2.82. The first kappa shape index (κ1) is 15.5. The molecule has 1 N–H and O–H groups in total. The highest BCUT2D eigenvalue weighted by atomic mass is 32.2. The molecule has 0 spiro atoms. The number of hydrogen-bond donors (Lipinski definition) is 1. The largest absolute Gasteiger partial charge is 0.371 e. The number of rotatable bonds is 4. The molecule has 116 valence electrons. The van der Waals surface area contributed by atoms with E-state index in [0.29, 0.717) is 23.2 Å². The molecule has 0 radical (unpaired) electrons. The molecule has 0 saturated carbocycles. The number of nitrogens with one attached hydrogen (secondary N) is 1. The van der Waals surface area contributed by atoms with Crippen LogP contribution in [0.25, 0.3) is 0 Å². The molecular formula is C15H16N2O3S2. The van der Waals surface area contributed by atoms with Gasteiger partial charge in [0.05, 0.1) is 18.5 Å². The van der Waals surface area contributed by atoms with Gasteiger partial charge in [-0.25, -0.2) is 0 Å². The number of hydrogen-bond acceptors (Lipinski definition) is 5. The van der Waals surface area contributed by atoms with Gasteiger partial charge in [0.25, 0.3) is 0 Å². The lowest BCUT2D eigenvalue weighted by Crippen LogP contribution is -2.43. The van der Waals surface area contributed by atoms with Crippen LogP contribution >= 0.6 is 24.0 Å². The second kappa shape index (κ2) is 6.76. The van der Waals surface area contributed by atoms with Crippen LogP contribution in [0.4, 0.5) is 0 Å². The predicted octanol–water partition coefficient (Wildman–Crippen LogP) is 1.10. The maximum Gasteiger partial charge on any atom is 0.240 e. The van der Waals surface area contributed by atoms with E-state index >= 15 is 0 Å². The van der Waals surface area contributed by atoms with E-state index in [9.17, 15) is 9.59 Å². The molecule has 22 heavy (non-hydrogen) atoms. The SMILES string of the molecule is O=C(CN1C(=O)CSC1=S)NCC1Cc2ccccc2CO1. The van der Waals surface area contributed by atoms with Gasteiger partial charge in [-0.3, -0.25) is 14.5 Å². The molecule has 1 fully saturated rings. The molecule has 1 atom stereocenters. The van der Waals surface area contributed by atoms with Crippen LogP contribution in [0, 0.1) is 0 Å². The molecule has 1 saturated heterocycles. The van der Waals surface area contributed by atoms with E-state index in [-0.39, 0.29) is 24.5 Å². The van der Waals surface area contributed by atoms with Crippen LogP contribution in [0.5, 0.6) is 0 Å². The molecule has 5 nitrogen and oxygen atoms in total. The van der Waals surface area contributed by atoms with Crippen molar-refractivity contribution >= 4 is 40.1 Å². The number of thioether (sulfide) groups is 1. The normalized spacial score (nSPS) is 20.9. The van der Waals surface area contributed by atoms with Gasteiger partial charge in [-0.2, -0.15) is 0 Å². The molecule has 2 aliphatic heterocycles. The number of thiocarbonyl (C=S) groups is 1. The molecule has 7 heteroatoms. The third-order valence-electron chi connectivity index (χ3n) is 3.71. The lowest BCUT2D eigenvalue weighted by Gasteiger charge is -2.25. The summed E-state index contributed by atoms with van der Waals surface area (Å²) in [6.45, 7) is 1.01. The Morgan fingerprint density at radius 3 is 2.91 bits per heavy atom. The molecule has 2 amide bonds. The van der Waals surface area contributed by atoms with Gasteiger partial charge in [0.1, 0.15) is 10.9 Å². The van der Waals surface area contributed by atoms with Crippen molar-refractivity contribution in [3.05, 3.63) is 35.4 Å². The predicted molar refractivity (Wildman–Crippen MR) is 88.5 cm³/mol. The van der Waals surface area contributed by atoms with Crippen molar-refractivity contribution in [3.63, 3.8) is 0 Å². The lowest BCUT2D eigenvalue weighted by atomic mass is 9.99. The average Bonchev–Trinajstić information content (AvgIpc) is 2.84. The van der Waals surface area contributed by atoms with Crippen molar-refractivity contribution in [1.29, 1.82) is 0 Å². The molecule has 2 aliphatic rings. The van der Waals surface area contributed by atoms with Crippen LogP contribution in [0.3, 0.4) is 0 Å². The van der Waals surface area contributed by atoms with Gasteiger partial charge in [0.15, 0.2) is 0 Å². The standard InChI is InChI=1S/C15H16N2O3S2/c18-13(7-17-14(19)9-22-15(17)21)16-6-12-5-10-3-1-2-4-11(10)8-20-12/h1-4,12H,5-9H2,(H,16,18). The van der Waals surface area contributed by atoms with Crippen molar-refractivity contribution in [3.8, 4) is 0 Å². The minimum absolute atomic E-state index is 0.00598. The van der Waals surface area contributed by atoms with E-state index in [4.69, 9.17) is 17.0 Å². The zero-order valence-corrected chi connectivity index (χ0v) is 13.5. The number of amides is 2. The van der Waals surface area contributed by atoms with Gasteiger partial charge < -0.3 is 10.1 Å². The maximum atomic E-state index is 11.9. The topological polar surface area (TPSA) is 58.6 Å². The summed E-state index contributed by atoms with van der Waals surface area (Å²) in [5.74, 6) is 0.0166. The fourth-order valence-corrected chi connectivity index (χ4v) is 3.57. The van der Waals surface area contributed by atoms with Crippen LogP contribution in [0.2, 0.25) is 0 Å². The molecule has 0 bridgehead atoms. The molecule has 0 aromatic heterocycles. The first-order valence-corrected chi connectivity index (χ1v) is 8.45. The highest BCUT2D eigenvalue weighted by Crippen LogP contribution is 2.20. The molecule has 3 rings (SSSR count). The van der Waals surface area contributed by atoms with Crippen LogP contribution in [-0.2, 0) is 27.4 Å². The molecule has 1 unspecified atom stereocenters. The van der Waals surface area contributed by atoms with Crippen molar-refractivity contribution in [2.75, 3.05) is 18.8 Å². The summed E-state index contributed by atoms with van der Waals surface area (Å²) in [4.78, 5) is 24.9. The monoisotopic (exact) mass is 336 g/mol. The van der Waals surface area contributed by atoms with E-state index in [1.807, 2.05) is 12.1 Å². The van der Waals surface area contributed by atoms with Crippen molar-refractivity contribution in [1.82, 2.24) is 10.2 Å². The molecule has 2 heterocycles. The van der Waals surface area contributed by atoms with Gasteiger partial charge in [0, 0.05) is 13.0 Å². The summed E-state index contributed by atoms with van der Waals surface area (Å²) in [6.07, 6.45) is 0.752. The zero-order valence-electron chi connectivity index (χ0n) is 11.9. The number of nitrogens with zero attached hydrogens (tertiary/aromatic N) is 1. The number of fused-ring (bicyclic) bond motifs is 1. The van der Waals surface area contributed by atoms with Gasteiger partial charge in [-0.15, -0.1) is 0 Å². The summed E-state index contributed by atoms with van der Waals surface area (Å²) in [7, 11) is 0. The number of carbonyl (C=O) groups is 2. The zero-order chi connectivity index (χ0) is 15.5. The lowest BCUT2D eigenvalue weighted by molar-refractivity contribution is -0.130. The Balaban J connectivity index is 1.48. The second-order valence-electron chi connectivity index (χ2n) is 5.24. The van der Waals surface area contributed by atoms with Crippen LogP contribution < -0.4 is 5.32 Å². The fraction of sp³-hybridized carbons (Fsp3) is 0.400. The Kier molecular flexibility index (Phi) is 4.75. The second-order valence-corrected chi connectivity index (χ2v) is 6.85. The highest BCUT2D eigenvalue weighted by Gasteiger charge is 2.28. The third-order valence-corrected chi connectivity index (χ3v) is 5.14. The Bertz CT molecular complexity index is 605. The van der Waals surface area contributed by atoms with E-state index in [2.05, 4.69) is 17.4 Å². The van der Waals surface area contributed by atoms with Crippen LogP contribution in [-0.4, -0.2) is 46.0 Å². The van der Waals surface area contributed by atoms with Gasteiger partial charge in [-0.1, -0.05) is 48.2 Å². The van der Waals surface area contributed by atoms with Crippen LogP contribution in [0.15, 0.2) is 24.3 Å². The van der Waals surface area contributed by atoms with Crippen molar-refractivity contribution in [2.24, 2.45) is 0 Å². The van der Waals surface area contributed by atoms with E-state index in [1.54, 1.807) is 0 Å². The minimum atomic E-state index is -0.208. The summed E-state index contributed by atoms with van der Waals surface area (Å²) in [5.41, 5.74) is 2.47. The maximum absolute atomic E-state index is 11.9. The number of benzene rings is 1. The van der Waals surface area contributed by atoms with Crippen molar-refractivity contribution < 1.29 is 14.3 Å². The number of ether oxygens (including phenoxy) is 1. The van der Waals surface area contributed by atoms with Gasteiger partial charge in [-0.05, 0) is 11.1 Å². The molecule has 1 aromatic carbocycles. The first-order valence-electron chi connectivity index (χ1n) is 7.05. The molecule has 0 aliphatic carbocycles. The smallest absolute Gasteiger partial charge is 0.240 e. The van der Waals surface area contributed by atoms with Crippen molar-refractivity contribution in [2.45, 2.75) is 19.1 Å².